The lowest BCUT2D eigenvalue weighted by molar-refractivity contribution is -0.147. The van der Waals surface area contributed by atoms with Crippen molar-refractivity contribution in [2.45, 2.75) is 90.9 Å². The Hall–Kier alpha value is -1.53. The molecule has 180 valence electrons. The monoisotopic (exact) mass is 454 g/mol. The van der Waals surface area contributed by atoms with Crippen LogP contribution >= 0.6 is 0 Å². The van der Waals surface area contributed by atoms with E-state index in [1.165, 1.54) is 0 Å². The molecule has 8 atom stereocenters. The predicted molar refractivity (Wildman–Crippen MR) is 116 cm³/mol. The van der Waals surface area contributed by atoms with Crippen LogP contribution in [0, 0.1) is 40.4 Å². The number of nitrogens with one attached hydrogen (secondary N) is 2. The van der Waals surface area contributed by atoms with Gasteiger partial charge in [0.05, 0.1) is 6.42 Å². The Bertz CT molecular complexity index is 795. The average molecular weight is 455 g/mol. The van der Waals surface area contributed by atoms with Gasteiger partial charge in [0.2, 0.25) is 11.8 Å². The fourth-order valence-electron chi connectivity index (χ4n) is 7.75. The molecule has 1 unspecified atom stereocenters. The van der Waals surface area contributed by atoms with Gasteiger partial charge in [-0.05, 0) is 73.7 Å². The summed E-state index contributed by atoms with van der Waals surface area (Å²) in [6.07, 6.45) is 4.10. The van der Waals surface area contributed by atoms with Gasteiger partial charge in [0, 0.05) is 23.4 Å². The first-order chi connectivity index (χ1) is 14.8. The van der Waals surface area contributed by atoms with Crippen LogP contribution in [0.5, 0.6) is 0 Å². The van der Waals surface area contributed by atoms with Crippen LogP contribution in [0.2, 0.25) is 0 Å². The topological polar surface area (TPSA) is 58.2 Å². The lowest BCUT2D eigenvalue weighted by atomic mass is 9.48. The molecule has 2 amide bonds. The number of hydrogen-bond donors (Lipinski definition) is 2. The number of carbonyl (C=O) groups excluding carboxylic acids is 2. The van der Waals surface area contributed by atoms with Crippen molar-refractivity contribution in [1.82, 2.24) is 10.6 Å². The van der Waals surface area contributed by atoms with Crippen LogP contribution in [0.25, 0.3) is 0 Å². The molecule has 4 rings (SSSR count). The summed E-state index contributed by atoms with van der Waals surface area (Å²) in [5.74, 6) is 0.653. The van der Waals surface area contributed by atoms with Gasteiger partial charge in [-0.1, -0.05) is 33.8 Å². The minimum absolute atomic E-state index is 0.0114. The molecule has 0 aromatic heterocycles. The minimum atomic E-state index is -4.29. The Morgan fingerprint density at radius 3 is 2.53 bits per heavy atom. The van der Waals surface area contributed by atoms with Crippen LogP contribution in [-0.4, -0.2) is 30.1 Å². The highest BCUT2D eigenvalue weighted by Gasteiger charge is 2.61. The van der Waals surface area contributed by atoms with E-state index < -0.39 is 18.6 Å². The summed E-state index contributed by atoms with van der Waals surface area (Å²) in [7, 11) is 0. The minimum Gasteiger partial charge on any atom is -0.353 e. The quantitative estimate of drug-likeness (QED) is 0.629. The normalized spacial score (nSPS) is 42.0. The Morgan fingerprint density at radius 2 is 1.88 bits per heavy atom. The molecule has 0 spiro atoms. The number of carbonyl (C=O) groups is 2. The van der Waals surface area contributed by atoms with Crippen LogP contribution in [-0.2, 0) is 9.59 Å². The second kappa shape index (κ2) is 8.05. The fraction of sp³-hybridized carbons (Fsp3) is 0.840. The fourth-order valence-corrected chi connectivity index (χ4v) is 7.75. The Balaban J connectivity index is 1.51. The van der Waals surface area contributed by atoms with E-state index in [1.54, 1.807) is 19.9 Å². The van der Waals surface area contributed by atoms with E-state index in [1.807, 2.05) is 0 Å². The molecule has 0 bridgehead atoms. The Morgan fingerprint density at radius 1 is 1.16 bits per heavy atom. The number of amides is 2. The summed E-state index contributed by atoms with van der Waals surface area (Å²) < 4.78 is 39.1. The van der Waals surface area contributed by atoms with Crippen LogP contribution in [0.3, 0.4) is 0 Å². The van der Waals surface area contributed by atoms with Crippen LogP contribution < -0.4 is 10.6 Å². The van der Waals surface area contributed by atoms with E-state index in [-0.39, 0.29) is 40.5 Å². The van der Waals surface area contributed by atoms with E-state index >= 15 is 0 Å². The van der Waals surface area contributed by atoms with Crippen molar-refractivity contribution in [3.05, 3.63) is 12.2 Å². The maximum atomic E-state index is 13.3. The molecule has 0 saturated heterocycles. The molecule has 0 radical (unpaired) electrons. The first kappa shape index (κ1) is 23.6. The Kier molecular flexibility index (Phi) is 5.94. The lowest BCUT2D eigenvalue weighted by Crippen LogP contribution is -2.59. The molecule has 2 N–H and O–H groups in total. The second-order valence-corrected chi connectivity index (χ2v) is 11.6. The summed E-state index contributed by atoms with van der Waals surface area (Å²) >= 11 is 0. The number of halogens is 3. The lowest BCUT2D eigenvalue weighted by Gasteiger charge is -2.58. The highest BCUT2D eigenvalue weighted by Crippen LogP contribution is 2.65. The third kappa shape index (κ3) is 3.98. The van der Waals surface area contributed by atoms with Gasteiger partial charge in [0.1, 0.15) is 0 Å². The average Bonchev–Trinajstić information content (AvgIpc) is 3.04. The van der Waals surface area contributed by atoms with Crippen molar-refractivity contribution in [1.29, 1.82) is 0 Å². The van der Waals surface area contributed by atoms with E-state index in [4.69, 9.17) is 0 Å². The molecule has 7 heteroatoms. The standard InChI is InChI=1S/C25H37F3N2O2/c1-14(2)19(13-25(26,27)28)29-22(32)18-7-6-16-15-5-8-20-24(4,12-10-21(31)30-20)17(15)9-11-23(16,18)3/h10,12,14-20H,5-9,11,13H2,1-4H3,(H,29,32)(H,30,31)/t15-,16-,17-,18+,19?,20+,23-,24+/m0/s1. The zero-order valence-corrected chi connectivity index (χ0v) is 19.6. The van der Waals surface area contributed by atoms with Gasteiger partial charge in [0.15, 0.2) is 0 Å². The molecule has 0 aromatic rings. The first-order valence-corrected chi connectivity index (χ1v) is 12.2. The molecule has 4 aliphatic rings. The van der Waals surface area contributed by atoms with Gasteiger partial charge in [-0.3, -0.25) is 9.59 Å². The maximum Gasteiger partial charge on any atom is 0.391 e. The molecular weight excluding hydrogens is 417 g/mol. The zero-order chi connectivity index (χ0) is 23.5. The largest absolute Gasteiger partial charge is 0.391 e. The molecule has 32 heavy (non-hydrogen) atoms. The molecule has 4 nitrogen and oxygen atoms in total. The van der Waals surface area contributed by atoms with Gasteiger partial charge in [-0.25, -0.2) is 0 Å². The van der Waals surface area contributed by atoms with Gasteiger partial charge >= 0.3 is 6.18 Å². The summed E-state index contributed by atoms with van der Waals surface area (Å²) in [5.41, 5.74) is -0.232. The number of rotatable bonds is 4. The van der Waals surface area contributed by atoms with Gasteiger partial charge in [0.25, 0.3) is 0 Å². The summed E-state index contributed by atoms with van der Waals surface area (Å²) in [6, 6.07) is -0.716. The molecular formula is C25H37F3N2O2. The van der Waals surface area contributed by atoms with Gasteiger partial charge < -0.3 is 10.6 Å². The second-order valence-electron chi connectivity index (χ2n) is 11.6. The smallest absolute Gasteiger partial charge is 0.353 e. The summed E-state index contributed by atoms with van der Waals surface area (Å²) in [5, 5.41) is 5.94. The molecule has 3 saturated carbocycles. The van der Waals surface area contributed by atoms with Crippen molar-refractivity contribution in [3.63, 3.8) is 0 Å². The van der Waals surface area contributed by atoms with Crippen molar-refractivity contribution < 1.29 is 22.8 Å². The third-order valence-electron chi connectivity index (χ3n) is 9.59. The van der Waals surface area contributed by atoms with Crippen LogP contribution in [0.1, 0.15) is 72.6 Å². The zero-order valence-electron chi connectivity index (χ0n) is 19.6. The molecule has 1 heterocycles. The van der Waals surface area contributed by atoms with E-state index in [0.717, 1.165) is 38.5 Å². The van der Waals surface area contributed by atoms with Crippen LogP contribution in [0.4, 0.5) is 13.2 Å². The number of hydrogen-bond acceptors (Lipinski definition) is 2. The molecule has 1 aliphatic heterocycles. The van der Waals surface area contributed by atoms with Crippen molar-refractivity contribution in [2.24, 2.45) is 40.4 Å². The van der Waals surface area contributed by atoms with Gasteiger partial charge in [-0.2, -0.15) is 13.2 Å². The first-order valence-electron chi connectivity index (χ1n) is 12.2. The predicted octanol–water partition coefficient (Wildman–Crippen LogP) is 4.99. The van der Waals surface area contributed by atoms with E-state index in [2.05, 4.69) is 30.6 Å². The highest BCUT2D eigenvalue weighted by molar-refractivity contribution is 5.89. The Labute approximate surface area is 189 Å². The summed E-state index contributed by atoms with van der Waals surface area (Å²) in [6.45, 7) is 7.93. The third-order valence-corrected chi connectivity index (χ3v) is 9.59. The molecule has 3 fully saturated rings. The van der Waals surface area contributed by atoms with E-state index in [0.29, 0.717) is 17.8 Å². The molecule has 3 aliphatic carbocycles. The summed E-state index contributed by atoms with van der Waals surface area (Å²) in [4.78, 5) is 25.1. The maximum absolute atomic E-state index is 13.3. The van der Waals surface area contributed by atoms with Crippen molar-refractivity contribution in [3.8, 4) is 0 Å². The number of alkyl halides is 3. The SMILES string of the molecule is CC(C)C(CC(F)(F)F)NC(=O)[C@H]1CC[C@H]2[C@@H]3CC[C@H]4NC(=O)C=C[C@]4(C)[C@H]3CC[C@]12C. The van der Waals surface area contributed by atoms with Crippen LogP contribution in [0.15, 0.2) is 12.2 Å². The highest BCUT2D eigenvalue weighted by atomic mass is 19.4. The van der Waals surface area contributed by atoms with E-state index in [9.17, 15) is 22.8 Å². The van der Waals surface area contributed by atoms with Crippen molar-refractivity contribution in [2.75, 3.05) is 0 Å². The molecule has 0 aromatic carbocycles. The van der Waals surface area contributed by atoms with Gasteiger partial charge in [-0.15, -0.1) is 0 Å². The number of fused-ring (bicyclic) bond motifs is 5. The van der Waals surface area contributed by atoms with Crippen molar-refractivity contribution >= 4 is 11.8 Å².